The first-order valence-corrected chi connectivity index (χ1v) is 11.3. The van der Waals surface area contributed by atoms with Gasteiger partial charge in [-0.1, -0.05) is 42.9 Å². The van der Waals surface area contributed by atoms with Crippen molar-refractivity contribution in [3.05, 3.63) is 36.5 Å². The van der Waals surface area contributed by atoms with Gasteiger partial charge in [-0.05, 0) is 76.5 Å². The molecule has 2 aliphatic rings. The molecule has 0 aromatic heterocycles. The number of Topliss-reactive ketones (excluding diaryl/α,β-unsaturated/α-hetero) is 1. The summed E-state index contributed by atoms with van der Waals surface area (Å²) in [6, 6.07) is 0. The third kappa shape index (κ3) is 7.26. The molecule has 1 N–H and O–H groups in total. The Morgan fingerprint density at radius 1 is 1.24 bits per heavy atom. The Morgan fingerprint density at radius 2 is 2.00 bits per heavy atom. The SMILES string of the molecule is CC=CCC1(CC=C[C@H]2CCC(=O)[C@@H]2CC=CCCC(O)C(=O)OCC)CCC1. The number of rotatable bonds is 12. The van der Waals surface area contributed by atoms with E-state index in [1.54, 1.807) is 6.92 Å². The van der Waals surface area contributed by atoms with E-state index in [0.717, 1.165) is 19.3 Å². The molecule has 2 fully saturated rings. The van der Waals surface area contributed by atoms with Crippen LogP contribution >= 0.6 is 0 Å². The second-order valence-electron chi connectivity index (χ2n) is 8.59. The fourth-order valence-corrected chi connectivity index (χ4v) is 4.47. The maximum absolute atomic E-state index is 12.3. The van der Waals surface area contributed by atoms with Crippen molar-refractivity contribution in [3.63, 3.8) is 0 Å². The number of hydrogen-bond acceptors (Lipinski definition) is 4. The minimum atomic E-state index is -1.07. The molecule has 0 saturated heterocycles. The highest BCUT2D eigenvalue weighted by Crippen LogP contribution is 2.47. The number of hydrogen-bond donors (Lipinski definition) is 1. The van der Waals surface area contributed by atoms with Gasteiger partial charge in [0.15, 0.2) is 6.10 Å². The first-order valence-electron chi connectivity index (χ1n) is 11.3. The van der Waals surface area contributed by atoms with Gasteiger partial charge in [0.05, 0.1) is 6.61 Å². The van der Waals surface area contributed by atoms with Crippen LogP contribution in [-0.2, 0) is 14.3 Å². The molecule has 162 valence electrons. The Hall–Kier alpha value is -1.68. The summed E-state index contributed by atoms with van der Waals surface area (Å²) in [5, 5.41) is 9.71. The van der Waals surface area contributed by atoms with E-state index < -0.39 is 12.1 Å². The maximum atomic E-state index is 12.3. The molecule has 0 spiro atoms. The van der Waals surface area contributed by atoms with Gasteiger partial charge in [-0.3, -0.25) is 4.79 Å². The first-order chi connectivity index (χ1) is 14.0. The molecule has 4 nitrogen and oxygen atoms in total. The Balaban J connectivity index is 1.77. The van der Waals surface area contributed by atoms with Crippen molar-refractivity contribution in [1.82, 2.24) is 0 Å². The molecule has 2 aliphatic carbocycles. The first kappa shape index (κ1) is 23.6. The molecule has 0 bridgehead atoms. The lowest BCUT2D eigenvalue weighted by Gasteiger charge is -2.41. The minimum absolute atomic E-state index is 0.0744. The molecule has 1 unspecified atom stereocenters. The molecule has 4 heteroatoms. The maximum Gasteiger partial charge on any atom is 0.334 e. The van der Waals surface area contributed by atoms with Gasteiger partial charge in [0.25, 0.3) is 0 Å². The smallest absolute Gasteiger partial charge is 0.334 e. The Bertz CT molecular complexity index is 612. The zero-order valence-electron chi connectivity index (χ0n) is 18.1. The quantitative estimate of drug-likeness (QED) is 0.355. The van der Waals surface area contributed by atoms with Crippen LogP contribution in [0.3, 0.4) is 0 Å². The third-order valence-electron chi connectivity index (χ3n) is 6.51. The Labute approximate surface area is 176 Å². The predicted molar refractivity (Wildman–Crippen MR) is 116 cm³/mol. The van der Waals surface area contributed by atoms with E-state index in [9.17, 15) is 14.7 Å². The molecule has 2 saturated carbocycles. The number of esters is 1. The molecule has 0 aliphatic heterocycles. The van der Waals surface area contributed by atoms with E-state index in [2.05, 4.69) is 31.2 Å². The van der Waals surface area contributed by atoms with Gasteiger partial charge in [-0.2, -0.15) is 0 Å². The summed E-state index contributed by atoms with van der Waals surface area (Å²) in [5.74, 6) is 0.223. The molecule has 29 heavy (non-hydrogen) atoms. The van der Waals surface area contributed by atoms with E-state index in [4.69, 9.17) is 4.74 Å². The van der Waals surface area contributed by atoms with Gasteiger partial charge in [0, 0.05) is 12.3 Å². The average Bonchev–Trinajstić information content (AvgIpc) is 3.02. The van der Waals surface area contributed by atoms with Crippen molar-refractivity contribution >= 4 is 11.8 Å². The second-order valence-corrected chi connectivity index (χ2v) is 8.59. The van der Waals surface area contributed by atoms with Crippen LogP contribution in [0.2, 0.25) is 0 Å². The fraction of sp³-hybridized carbons (Fsp3) is 0.680. The lowest BCUT2D eigenvalue weighted by molar-refractivity contribution is -0.153. The van der Waals surface area contributed by atoms with Crippen molar-refractivity contribution in [2.45, 2.75) is 84.2 Å². The highest BCUT2D eigenvalue weighted by atomic mass is 16.5. The van der Waals surface area contributed by atoms with Gasteiger partial charge in [0.2, 0.25) is 0 Å². The van der Waals surface area contributed by atoms with E-state index >= 15 is 0 Å². The number of aliphatic hydroxyl groups excluding tert-OH is 1. The lowest BCUT2D eigenvalue weighted by Crippen LogP contribution is -2.28. The summed E-state index contributed by atoms with van der Waals surface area (Å²) < 4.78 is 4.80. The summed E-state index contributed by atoms with van der Waals surface area (Å²) >= 11 is 0. The molecule has 0 aromatic carbocycles. The molecule has 2 rings (SSSR count). The highest BCUT2D eigenvalue weighted by molar-refractivity contribution is 5.83. The third-order valence-corrected chi connectivity index (χ3v) is 6.51. The van der Waals surface area contributed by atoms with Crippen LogP contribution in [0, 0.1) is 17.3 Å². The molecule has 3 atom stereocenters. The number of ketones is 1. The van der Waals surface area contributed by atoms with Gasteiger partial charge >= 0.3 is 5.97 Å². The normalized spacial score (nSPS) is 25.1. The Kier molecular flexibility index (Phi) is 9.86. The summed E-state index contributed by atoms with van der Waals surface area (Å²) in [5.41, 5.74) is 0.459. The number of carbonyl (C=O) groups is 2. The van der Waals surface area contributed by atoms with E-state index in [-0.39, 0.29) is 12.5 Å². The van der Waals surface area contributed by atoms with Crippen LogP contribution < -0.4 is 0 Å². The standard InChI is InChI=1S/C25H38O4/c1-3-5-16-25(18-10-19-25)17-9-11-20-14-15-22(26)21(20)12-7-6-8-13-23(27)24(28)29-4-2/h3,5-7,9,11,20-21,23,27H,4,8,10,12-19H2,1-2H3/t20-,21+,23?/m0/s1. The molecule has 0 amide bonds. The summed E-state index contributed by atoms with van der Waals surface area (Å²) in [6.07, 6.45) is 21.6. The van der Waals surface area contributed by atoms with Crippen molar-refractivity contribution in [2.75, 3.05) is 6.61 Å². The van der Waals surface area contributed by atoms with Crippen LogP contribution in [0.5, 0.6) is 0 Å². The number of allylic oxidation sites excluding steroid dienone is 6. The molecule has 0 aromatic rings. The van der Waals surface area contributed by atoms with Crippen molar-refractivity contribution in [1.29, 1.82) is 0 Å². The topological polar surface area (TPSA) is 63.6 Å². The lowest BCUT2D eigenvalue weighted by atomic mass is 9.64. The number of ether oxygens (including phenoxy) is 1. The summed E-state index contributed by atoms with van der Waals surface area (Å²) in [7, 11) is 0. The molecule has 0 radical (unpaired) electrons. The van der Waals surface area contributed by atoms with E-state index in [1.165, 1.54) is 25.7 Å². The monoisotopic (exact) mass is 402 g/mol. The molecular weight excluding hydrogens is 364 g/mol. The minimum Gasteiger partial charge on any atom is -0.464 e. The molecular formula is C25H38O4. The summed E-state index contributed by atoms with van der Waals surface area (Å²) in [6.45, 7) is 4.09. The van der Waals surface area contributed by atoms with Crippen molar-refractivity contribution in [2.24, 2.45) is 17.3 Å². The van der Waals surface area contributed by atoms with E-state index in [0.29, 0.717) is 36.4 Å². The van der Waals surface area contributed by atoms with Crippen molar-refractivity contribution < 1.29 is 19.4 Å². The van der Waals surface area contributed by atoms with E-state index in [1.807, 2.05) is 12.2 Å². The van der Waals surface area contributed by atoms with Gasteiger partial charge in [0.1, 0.15) is 5.78 Å². The van der Waals surface area contributed by atoms with Crippen LogP contribution in [0.15, 0.2) is 36.5 Å². The van der Waals surface area contributed by atoms with Crippen LogP contribution in [0.1, 0.15) is 78.1 Å². The fourth-order valence-electron chi connectivity index (χ4n) is 4.47. The van der Waals surface area contributed by atoms with Gasteiger partial charge < -0.3 is 9.84 Å². The van der Waals surface area contributed by atoms with Crippen LogP contribution in [0.4, 0.5) is 0 Å². The zero-order valence-corrected chi connectivity index (χ0v) is 18.1. The second kappa shape index (κ2) is 12.1. The number of carbonyl (C=O) groups excluding carboxylic acids is 2. The zero-order chi connectivity index (χ0) is 21.1. The van der Waals surface area contributed by atoms with Crippen LogP contribution in [-0.4, -0.2) is 29.6 Å². The number of aliphatic hydroxyl groups is 1. The average molecular weight is 403 g/mol. The Morgan fingerprint density at radius 3 is 2.66 bits per heavy atom. The highest BCUT2D eigenvalue weighted by Gasteiger charge is 2.35. The summed E-state index contributed by atoms with van der Waals surface area (Å²) in [4.78, 5) is 23.7. The van der Waals surface area contributed by atoms with Crippen molar-refractivity contribution in [3.8, 4) is 0 Å². The van der Waals surface area contributed by atoms with Gasteiger partial charge in [-0.25, -0.2) is 4.79 Å². The largest absolute Gasteiger partial charge is 0.464 e. The molecule has 0 heterocycles. The van der Waals surface area contributed by atoms with Gasteiger partial charge in [-0.15, -0.1) is 0 Å². The van der Waals surface area contributed by atoms with Crippen LogP contribution in [0.25, 0.3) is 0 Å². The predicted octanol–water partition coefficient (Wildman–Crippen LogP) is 5.32.